The summed E-state index contributed by atoms with van der Waals surface area (Å²) < 4.78 is 7.06. The highest BCUT2D eigenvalue weighted by Crippen LogP contribution is 2.23. The van der Waals surface area contributed by atoms with Gasteiger partial charge in [0.2, 0.25) is 0 Å². The van der Waals surface area contributed by atoms with Crippen molar-refractivity contribution in [3.8, 4) is 11.4 Å². The molecule has 0 unspecified atom stereocenters. The number of hydrogen-bond acceptors (Lipinski definition) is 4. The van der Waals surface area contributed by atoms with Crippen LogP contribution in [-0.4, -0.2) is 41.9 Å². The van der Waals surface area contributed by atoms with Gasteiger partial charge in [-0.05, 0) is 56.6 Å². The highest BCUT2D eigenvalue weighted by atomic mass is 16.5. The molecule has 1 aliphatic heterocycles. The monoisotopic (exact) mass is 314 g/mol. The maximum atomic E-state index is 12.3. The van der Waals surface area contributed by atoms with Crippen molar-refractivity contribution >= 4 is 5.91 Å². The average Bonchev–Trinajstić information content (AvgIpc) is 3.06. The van der Waals surface area contributed by atoms with E-state index in [9.17, 15) is 4.79 Å². The van der Waals surface area contributed by atoms with Crippen LogP contribution in [0.2, 0.25) is 0 Å². The van der Waals surface area contributed by atoms with Crippen molar-refractivity contribution in [1.82, 2.24) is 20.4 Å². The molecule has 1 amide bonds. The number of aryl methyl sites for hydroxylation is 1. The summed E-state index contributed by atoms with van der Waals surface area (Å²) in [6.45, 7) is 3.90. The smallest absolute Gasteiger partial charge is 0.272 e. The third-order valence-corrected chi connectivity index (χ3v) is 4.08. The molecule has 23 heavy (non-hydrogen) atoms. The zero-order chi connectivity index (χ0) is 16.2. The van der Waals surface area contributed by atoms with Gasteiger partial charge in [0.15, 0.2) is 5.69 Å². The number of ether oxygens (including phenoxy) is 1. The molecule has 6 heteroatoms. The zero-order valence-corrected chi connectivity index (χ0v) is 13.5. The molecular formula is C17H22N4O2. The van der Waals surface area contributed by atoms with Gasteiger partial charge in [-0.2, -0.15) is 5.10 Å². The van der Waals surface area contributed by atoms with Gasteiger partial charge in [-0.1, -0.05) is 6.07 Å². The van der Waals surface area contributed by atoms with E-state index in [0.717, 1.165) is 42.9 Å². The Labute approximate surface area is 135 Å². The lowest BCUT2D eigenvalue weighted by molar-refractivity contribution is 0.0924. The van der Waals surface area contributed by atoms with Crippen LogP contribution >= 0.6 is 0 Å². The Kier molecular flexibility index (Phi) is 4.62. The molecule has 0 atom stereocenters. The second-order valence-electron chi connectivity index (χ2n) is 5.82. The summed E-state index contributed by atoms with van der Waals surface area (Å²) in [7, 11) is 1.63. The molecule has 1 aromatic heterocycles. The van der Waals surface area contributed by atoms with Crippen LogP contribution in [0, 0.1) is 6.92 Å². The molecule has 3 rings (SSSR count). The fourth-order valence-electron chi connectivity index (χ4n) is 2.78. The van der Waals surface area contributed by atoms with Crippen LogP contribution in [0.5, 0.6) is 5.75 Å². The third kappa shape index (κ3) is 3.53. The molecule has 122 valence electrons. The minimum atomic E-state index is -0.123. The summed E-state index contributed by atoms with van der Waals surface area (Å²) in [6.07, 6.45) is 3.70. The van der Waals surface area contributed by atoms with Gasteiger partial charge < -0.3 is 15.4 Å². The number of benzene rings is 1. The van der Waals surface area contributed by atoms with Crippen molar-refractivity contribution in [2.24, 2.45) is 0 Å². The van der Waals surface area contributed by atoms with E-state index in [-0.39, 0.29) is 11.9 Å². The van der Waals surface area contributed by atoms with Gasteiger partial charge in [-0.3, -0.25) is 4.79 Å². The molecule has 0 saturated carbocycles. The van der Waals surface area contributed by atoms with Gasteiger partial charge in [0.1, 0.15) is 11.4 Å². The quantitative estimate of drug-likeness (QED) is 0.901. The van der Waals surface area contributed by atoms with E-state index in [4.69, 9.17) is 4.74 Å². The maximum Gasteiger partial charge on any atom is 0.272 e. The molecule has 1 saturated heterocycles. The van der Waals surface area contributed by atoms with Crippen molar-refractivity contribution in [2.75, 3.05) is 20.2 Å². The molecule has 0 aliphatic carbocycles. The average molecular weight is 314 g/mol. The van der Waals surface area contributed by atoms with E-state index in [1.165, 1.54) is 0 Å². The maximum absolute atomic E-state index is 12.3. The predicted molar refractivity (Wildman–Crippen MR) is 88.2 cm³/mol. The Balaban J connectivity index is 1.77. The number of methoxy groups -OCH3 is 1. The number of amides is 1. The van der Waals surface area contributed by atoms with Crippen LogP contribution in [0.1, 0.15) is 28.9 Å². The van der Waals surface area contributed by atoms with Crippen molar-refractivity contribution in [3.05, 3.63) is 41.7 Å². The number of piperidine rings is 1. The normalized spacial score (nSPS) is 15.4. The number of carbonyl (C=O) groups is 1. The highest BCUT2D eigenvalue weighted by molar-refractivity contribution is 5.92. The number of rotatable bonds is 4. The summed E-state index contributed by atoms with van der Waals surface area (Å²) in [5, 5.41) is 10.7. The largest absolute Gasteiger partial charge is 0.494 e. The highest BCUT2D eigenvalue weighted by Gasteiger charge is 2.18. The van der Waals surface area contributed by atoms with E-state index >= 15 is 0 Å². The Bertz CT molecular complexity index is 690. The zero-order valence-electron chi connectivity index (χ0n) is 13.5. The van der Waals surface area contributed by atoms with E-state index in [2.05, 4.69) is 15.7 Å². The standard InChI is InChI=1S/C17H22N4O2/c1-12-3-4-16(23-2)15(11-12)21-10-7-14(20-21)17(22)19-13-5-8-18-9-6-13/h3-4,7,10-11,13,18H,5-6,8-9H2,1-2H3,(H,19,22). The van der Waals surface area contributed by atoms with Crippen LogP contribution in [-0.2, 0) is 0 Å². The minimum Gasteiger partial charge on any atom is -0.494 e. The van der Waals surface area contributed by atoms with Gasteiger partial charge in [-0.25, -0.2) is 4.68 Å². The SMILES string of the molecule is COc1ccc(C)cc1-n1ccc(C(=O)NC2CCNCC2)n1. The number of nitrogens with one attached hydrogen (secondary N) is 2. The Morgan fingerprint density at radius 3 is 2.87 bits per heavy atom. The first-order chi connectivity index (χ1) is 11.2. The second kappa shape index (κ2) is 6.83. The first-order valence-electron chi connectivity index (χ1n) is 7.89. The number of aromatic nitrogens is 2. The van der Waals surface area contributed by atoms with Gasteiger partial charge >= 0.3 is 0 Å². The molecule has 1 aromatic carbocycles. The Morgan fingerprint density at radius 2 is 2.13 bits per heavy atom. The molecule has 2 N–H and O–H groups in total. The van der Waals surface area contributed by atoms with Crippen molar-refractivity contribution in [3.63, 3.8) is 0 Å². The lowest BCUT2D eigenvalue weighted by Gasteiger charge is -2.23. The molecular weight excluding hydrogens is 292 g/mol. The number of nitrogens with zero attached hydrogens (tertiary/aromatic N) is 2. The van der Waals surface area contributed by atoms with Crippen molar-refractivity contribution in [2.45, 2.75) is 25.8 Å². The topological polar surface area (TPSA) is 68.2 Å². The fraction of sp³-hybridized carbons (Fsp3) is 0.412. The molecule has 1 aliphatic rings. The van der Waals surface area contributed by atoms with Crippen LogP contribution < -0.4 is 15.4 Å². The Morgan fingerprint density at radius 1 is 1.35 bits per heavy atom. The molecule has 1 fully saturated rings. The van der Waals surface area contributed by atoms with Crippen LogP contribution in [0.25, 0.3) is 5.69 Å². The fourth-order valence-corrected chi connectivity index (χ4v) is 2.78. The summed E-state index contributed by atoms with van der Waals surface area (Å²) in [4.78, 5) is 12.3. The number of carbonyl (C=O) groups excluding carboxylic acids is 1. The second-order valence-corrected chi connectivity index (χ2v) is 5.82. The third-order valence-electron chi connectivity index (χ3n) is 4.08. The Hall–Kier alpha value is -2.34. The van der Waals surface area contributed by atoms with E-state index < -0.39 is 0 Å². The number of hydrogen-bond donors (Lipinski definition) is 2. The van der Waals surface area contributed by atoms with Gasteiger partial charge in [0.05, 0.1) is 7.11 Å². The van der Waals surface area contributed by atoms with E-state index in [0.29, 0.717) is 5.69 Å². The van der Waals surface area contributed by atoms with Gasteiger partial charge in [0.25, 0.3) is 5.91 Å². The predicted octanol–water partition coefficient (Wildman–Crippen LogP) is 1.67. The van der Waals surface area contributed by atoms with Crippen LogP contribution in [0.3, 0.4) is 0 Å². The molecule has 2 heterocycles. The molecule has 6 nitrogen and oxygen atoms in total. The van der Waals surface area contributed by atoms with Crippen LogP contribution in [0.15, 0.2) is 30.5 Å². The summed E-state index contributed by atoms with van der Waals surface area (Å²) in [6, 6.07) is 7.83. The first kappa shape index (κ1) is 15.6. The van der Waals surface area contributed by atoms with Gasteiger partial charge in [-0.15, -0.1) is 0 Å². The lowest BCUT2D eigenvalue weighted by atomic mass is 10.1. The summed E-state index contributed by atoms with van der Waals surface area (Å²) >= 11 is 0. The summed E-state index contributed by atoms with van der Waals surface area (Å²) in [5.41, 5.74) is 2.36. The molecule has 0 radical (unpaired) electrons. The first-order valence-corrected chi connectivity index (χ1v) is 7.89. The van der Waals surface area contributed by atoms with Gasteiger partial charge in [0, 0.05) is 12.2 Å². The van der Waals surface area contributed by atoms with Crippen molar-refractivity contribution in [1.29, 1.82) is 0 Å². The van der Waals surface area contributed by atoms with E-state index in [1.54, 1.807) is 24.1 Å². The van der Waals surface area contributed by atoms with E-state index in [1.807, 2.05) is 25.1 Å². The lowest BCUT2D eigenvalue weighted by Crippen LogP contribution is -2.42. The molecule has 2 aromatic rings. The minimum absolute atomic E-state index is 0.123. The molecule has 0 bridgehead atoms. The molecule has 0 spiro atoms. The van der Waals surface area contributed by atoms with Crippen LogP contribution in [0.4, 0.5) is 0 Å². The van der Waals surface area contributed by atoms with Crippen molar-refractivity contribution < 1.29 is 9.53 Å². The summed E-state index contributed by atoms with van der Waals surface area (Å²) in [5.74, 6) is 0.603.